The molecule has 1 aromatic rings. The van der Waals surface area contributed by atoms with Gasteiger partial charge in [0.1, 0.15) is 0 Å². The van der Waals surface area contributed by atoms with Gasteiger partial charge >= 0.3 is 0 Å². The minimum Gasteiger partial charge on any atom is -0.492 e. The quantitative estimate of drug-likeness (QED) is 0.789. The zero-order valence-corrected chi connectivity index (χ0v) is 14.7. The molecule has 2 saturated heterocycles. The summed E-state index contributed by atoms with van der Waals surface area (Å²) in [4.78, 5) is 4.95. The molecule has 2 fully saturated rings. The van der Waals surface area contributed by atoms with Crippen LogP contribution in [0.1, 0.15) is 18.7 Å². The summed E-state index contributed by atoms with van der Waals surface area (Å²) in [5, 5.41) is 0. The molecular weight excluding hydrogens is 308 g/mol. The fourth-order valence-corrected chi connectivity index (χ4v) is 3.49. The molecule has 1 aromatic carbocycles. The molecule has 0 atom stereocenters. The first-order chi connectivity index (χ1) is 11.8. The molecule has 6 heteroatoms. The van der Waals surface area contributed by atoms with Gasteiger partial charge in [-0.1, -0.05) is 12.1 Å². The largest absolute Gasteiger partial charge is 0.492 e. The van der Waals surface area contributed by atoms with Gasteiger partial charge in [0.05, 0.1) is 46.3 Å². The Morgan fingerprint density at radius 2 is 1.58 bits per heavy atom. The Morgan fingerprint density at radius 3 is 2.08 bits per heavy atom. The van der Waals surface area contributed by atoms with Crippen molar-refractivity contribution in [1.29, 1.82) is 0 Å². The van der Waals surface area contributed by atoms with Crippen molar-refractivity contribution < 1.29 is 18.9 Å². The Morgan fingerprint density at radius 1 is 1.00 bits per heavy atom. The number of morpholine rings is 2. The molecule has 0 saturated carbocycles. The number of ether oxygens (including phenoxy) is 4. The third-order valence-corrected chi connectivity index (χ3v) is 4.57. The Hall–Kier alpha value is -1.34. The van der Waals surface area contributed by atoms with Crippen LogP contribution in [0.4, 0.5) is 0 Å². The van der Waals surface area contributed by atoms with Crippen LogP contribution in [0.15, 0.2) is 18.2 Å². The van der Waals surface area contributed by atoms with E-state index in [1.807, 2.05) is 13.0 Å². The molecule has 0 aromatic heterocycles. The molecule has 24 heavy (non-hydrogen) atoms. The van der Waals surface area contributed by atoms with Crippen LogP contribution in [0.2, 0.25) is 0 Å². The van der Waals surface area contributed by atoms with Crippen molar-refractivity contribution in [3.8, 4) is 11.5 Å². The number of hydrogen-bond acceptors (Lipinski definition) is 6. The highest BCUT2D eigenvalue weighted by atomic mass is 16.5. The van der Waals surface area contributed by atoms with Crippen LogP contribution >= 0.6 is 0 Å². The Bertz CT molecular complexity index is 496. The first-order valence-corrected chi connectivity index (χ1v) is 8.78. The van der Waals surface area contributed by atoms with E-state index in [9.17, 15) is 0 Å². The van der Waals surface area contributed by atoms with E-state index in [2.05, 4.69) is 21.9 Å². The molecule has 0 aliphatic carbocycles. The van der Waals surface area contributed by atoms with E-state index in [0.717, 1.165) is 69.7 Å². The summed E-state index contributed by atoms with van der Waals surface area (Å²) in [6.07, 6.45) is 0.160. The molecule has 134 valence electrons. The van der Waals surface area contributed by atoms with E-state index in [-0.39, 0.29) is 6.17 Å². The molecule has 0 spiro atoms. The lowest BCUT2D eigenvalue weighted by Gasteiger charge is -2.43. The van der Waals surface area contributed by atoms with Crippen molar-refractivity contribution in [3.05, 3.63) is 23.8 Å². The Kier molecular flexibility index (Phi) is 6.31. The van der Waals surface area contributed by atoms with Crippen molar-refractivity contribution in [2.24, 2.45) is 0 Å². The number of benzene rings is 1. The van der Waals surface area contributed by atoms with Gasteiger partial charge in [-0.3, -0.25) is 9.80 Å². The van der Waals surface area contributed by atoms with Crippen LogP contribution < -0.4 is 9.47 Å². The number of nitrogens with zero attached hydrogens (tertiary/aromatic N) is 2. The van der Waals surface area contributed by atoms with Crippen LogP contribution in [0.5, 0.6) is 11.5 Å². The minimum atomic E-state index is 0.160. The number of para-hydroxylation sites is 1. The summed E-state index contributed by atoms with van der Waals surface area (Å²) in [6.45, 7) is 9.39. The van der Waals surface area contributed by atoms with Gasteiger partial charge in [0, 0.05) is 31.7 Å². The molecule has 2 heterocycles. The molecule has 0 bridgehead atoms. The highest BCUT2D eigenvalue weighted by Gasteiger charge is 2.32. The maximum Gasteiger partial charge on any atom is 0.166 e. The highest BCUT2D eigenvalue weighted by Crippen LogP contribution is 2.39. The molecule has 2 aliphatic rings. The topological polar surface area (TPSA) is 43.4 Å². The van der Waals surface area contributed by atoms with Gasteiger partial charge in [-0.15, -0.1) is 0 Å². The summed E-state index contributed by atoms with van der Waals surface area (Å²) < 4.78 is 22.6. The normalized spacial score (nSPS) is 20.3. The van der Waals surface area contributed by atoms with Crippen LogP contribution in [0.25, 0.3) is 0 Å². The number of rotatable bonds is 6. The molecule has 6 nitrogen and oxygen atoms in total. The van der Waals surface area contributed by atoms with E-state index >= 15 is 0 Å². The van der Waals surface area contributed by atoms with Gasteiger partial charge in [0.25, 0.3) is 0 Å². The lowest BCUT2D eigenvalue weighted by Crippen LogP contribution is -2.50. The zero-order valence-electron chi connectivity index (χ0n) is 14.7. The predicted octanol–water partition coefficient (Wildman–Crippen LogP) is 1.76. The Balaban J connectivity index is 1.95. The van der Waals surface area contributed by atoms with Crippen LogP contribution in [-0.4, -0.2) is 76.1 Å². The van der Waals surface area contributed by atoms with Gasteiger partial charge in [0.15, 0.2) is 11.5 Å². The second-order valence-electron chi connectivity index (χ2n) is 5.98. The van der Waals surface area contributed by atoms with Crippen molar-refractivity contribution >= 4 is 0 Å². The first kappa shape index (κ1) is 17.5. The summed E-state index contributed by atoms with van der Waals surface area (Å²) in [5.74, 6) is 1.64. The number of hydrogen-bond donors (Lipinski definition) is 0. The summed E-state index contributed by atoms with van der Waals surface area (Å²) in [6, 6.07) is 6.18. The maximum atomic E-state index is 5.78. The van der Waals surface area contributed by atoms with E-state index in [4.69, 9.17) is 18.9 Å². The fourth-order valence-electron chi connectivity index (χ4n) is 3.49. The van der Waals surface area contributed by atoms with Gasteiger partial charge in [-0.25, -0.2) is 0 Å². The van der Waals surface area contributed by atoms with Crippen molar-refractivity contribution in [3.63, 3.8) is 0 Å². The third-order valence-electron chi connectivity index (χ3n) is 4.57. The van der Waals surface area contributed by atoms with Crippen LogP contribution in [0.3, 0.4) is 0 Å². The molecular formula is C18H28N2O4. The van der Waals surface area contributed by atoms with Gasteiger partial charge in [0.2, 0.25) is 0 Å². The lowest BCUT2D eigenvalue weighted by molar-refractivity contribution is -0.0682. The summed E-state index contributed by atoms with van der Waals surface area (Å²) in [7, 11) is 1.72. The molecule has 2 aliphatic heterocycles. The second kappa shape index (κ2) is 8.67. The van der Waals surface area contributed by atoms with Crippen molar-refractivity contribution in [2.45, 2.75) is 13.1 Å². The third kappa shape index (κ3) is 3.83. The molecule has 0 N–H and O–H groups in total. The van der Waals surface area contributed by atoms with E-state index in [1.165, 1.54) is 0 Å². The Labute approximate surface area is 144 Å². The smallest absolute Gasteiger partial charge is 0.166 e. The molecule has 3 rings (SSSR count). The molecule has 0 radical (unpaired) electrons. The van der Waals surface area contributed by atoms with Crippen LogP contribution in [0, 0.1) is 0 Å². The summed E-state index contributed by atoms with van der Waals surface area (Å²) >= 11 is 0. The number of methoxy groups -OCH3 is 1. The maximum absolute atomic E-state index is 5.78. The first-order valence-electron chi connectivity index (χ1n) is 8.78. The van der Waals surface area contributed by atoms with E-state index < -0.39 is 0 Å². The molecule has 0 amide bonds. The SMILES string of the molecule is CCOc1cccc(C(N2CCOCC2)N2CCOCC2)c1OC. The monoisotopic (exact) mass is 336 g/mol. The lowest BCUT2D eigenvalue weighted by atomic mass is 10.1. The fraction of sp³-hybridized carbons (Fsp3) is 0.667. The zero-order chi connectivity index (χ0) is 16.8. The molecule has 0 unspecified atom stereocenters. The summed E-state index contributed by atoms with van der Waals surface area (Å²) in [5.41, 5.74) is 1.16. The van der Waals surface area contributed by atoms with Crippen LogP contribution in [-0.2, 0) is 9.47 Å². The van der Waals surface area contributed by atoms with E-state index in [1.54, 1.807) is 7.11 Å². The van der Waals surface area contributed by atoms with Gasteiger partial charge < -0.3 is 18.9 Å². The van der Waals surface area contributed by atoms with Gasteiger partial charge in [-0.2, -0.15) is 0 Å². The van der Waals surface area contributed by atoms with E-state index in [0.29, 0.717) is 6.61 Å². The second-order valence-corrected chi connectivity index (χ2v) is 5.98. The average Bonchev–Trinajstić information content (AvgIpc) is 2.64. The highest BCUT2D eigenvalue weighted by molar-refractivity contribution is 5.48. The predicted molar refractivity (Wildman–Crippen MR) is 91.7 cm³/mol. The standard InChI is InChI=1S/C18H28N2O4/c1-3-24-16-6-4-5-15(17(16)21-2)18(19-7-11-22-12-8-19)20-9-13-23-14-10-20/h4-6,18H,3,7-14H2,1-2H3. The van der Waals surface area contributed by atoms with Crippen molar-refractivity contribution in [2.75, 3.05) is 66.3 Å². The van der Waals surface area contributed by atoms with Crippen molar-refractivity contribution in [1.82, 2.24) is 9.80 Å². The van der Waals surface area contributed by atoms with Gasteiger partial charge in [-0.05, 0) is 13.0 Å². The average molecular weight is 336 g/mol. The minimum absolute atomic E-state index is 0.160.